The van der Waals surface area contributed by atoms with Crippen LogP contribution in [0.5, 0.6) is 0 Å². The Balaban J connectivity index is 2.29. The molecule has 0 atom stereocenters. The number of aromatic nitrogens is 1. The molecule has 1 fully saturated rings. The largest absolute Gasteiger partial charge is 0.374 e. The zero-order valence-electron chi connectivity index (χ0n) is 8.46. The van der Waals surface area contributed by atoms with Crippen LogP contribution in [0.25, 0.3) is 0 Å². The van der Waals surface area contributed by atoms with Gasteiger partial charge in [-0.3, -0.25) is 0 Å². The summed E-state index contributed by atoms with van der Waals surface area (Å²) >= 11 is 0. The van der Waals surface area contributed by atoms with Crippen molar-refractivity contribution in [1.29, 1.82) is 0 Å². The second kappa shape index (κ2) is 3.31. The quantitative estimate of drug-likeness (QED) is 0.676. The normalized spacial score (nSPS) is 31.2. The summed E-state index contributed by atoms with van der Waals surface area (Å²) in [6.45, 7) is 2.18. The molecule has 1 aromatic heterocycles. The van der Waals surface area contributed by atoms with Gasteiger partial charge in [0.2, 0.25) is 5.95 Å². The molecular weight excluding hydrogens is 181 g/mol. The molecule has 0 N–H and O–H groups in total. The van der Waals surface area contributed by atoms with Crippen LogP contribution in [-0.4, -0.2) is 12.1 Å². The minimum absolute atomic E-state index is 0.261. The third-order valence-electron chi connectivity index (χ3n) is 3.00. The van der Waals surface area contributed by atoms with Gasteiger partial charge in [-0.15, -0.1) is 0 Å². The molecule has 0 bridgehead atoms. The molecule has 2 rings (SSSR count). The first-order chi connectivity index (χ1) is 6.66. The van der Waals surface area contributed by atoms with Crippen LogP contribution in [0.2, 0.25) is 0 Å². The van der Waals surface area contributed by atoms with E-state index in [1.165, 1.54) is 12.3 Å². The van der Waals surface area contributed by atoms with E-state index in [4.69, 9.17) is 4.74 Å². The molecule has 76 valence electrons. The average Bonchev–Trinajstić information content (AvgIpc) is 2.12. The van der Waals surface area contributed by atoms with E-state index in [2.05, 4.69) is 11.9 Å². The molecule has 1 aliphatic carbocycles. The van der Waals surface area contributed by atoms with Gasteiger partial charge in [0.15, 0.2) is 0 Å². The van der Waals surface area contributed by atoms with Gasteiger partial charge in [0.05, 0.1) is 5.60 Å². The zero-order valence-corrected chi connectivity index (χ0v) is 8.46. The number of rotatable bonds is 2. The van der Waals surface area contributed by atoms with E-state index in [1.807, 2.05) is 6.07 Å². The fraction of sp³-hybridized carbons (Fsp3) is 0.545. The summed E-state index contributed by atoms with van der Waals surface area (Å²) in [4.78, 5) is 3.54. The molecule has 1 aromatic rings. The number of hydrogen-bond acceptors (Lipinski definition) is 2. The predicted molar refractivity (Wildman–Crippen MR) is 51.3 cm³/mol. The van der Waals surface area contributed by atoms with Crippen molar-refractivity contribution in [1.82, 2.24) is 4.98 Å². The van der Waals surface area contributed by atoms with E-state index in [0.29, 0.717) is 5.92 Å². The van der Waals surface area contributed by atoms with Gasteiger partial charge < -0.3 is 4.74 Å². The minimum atomic E-state index is -0.432. The molecule has 1 aliphatic rings. The molecule has 0 aromatic carbocycles. The van der Waals surface area contributed by atoms with Crippen LogP contribution in [0.15, 0.2) is 18.3 Å². The molecule has 0 amide bonds. The highest BCUT2D eigenvalue weighted by Crippen LogP contribution is 2.47. The lowest BCUT2D eigenvalue weighted by molar-refractivity contribution is -0.107. The van der Waals surface area contributed by atoms with E-state index < -0.39 is 5.95 Å². The topological polar surface area (TPSA) is 22.1 Å². The second-order valence-electron chi connectivity index (χ2n) is 4.08. The van der Waals surface area contributed by atoms with E-state index in [0.717, 1.165) is 18.4 Å². The van der Waals surface area contributed by atoms with E-state index in [1.54, 1.807) is 7.11 Å². The highest BCUT2D eigenvalue weighted by molar-refractivity contribution is 5.23. The number of hydrogen-bond donors (Lipinski definition) is 0. The molecule has 0 radical (unpaired) electrons. The Labute approximate surface area is 83.1 Å². The third-order valence-corrected chi connectivity index (χ3v) is 3.00. The average molecular weight is 195 g/mol. The van der Waals surface area contributed by atoms with Crippen LogP contribution in [0.4, 0.5) is 4.39 Å². The fourth-order valence-electron chi connectivity index (χ4n) is 2.27. The Hall–Kier alpha value is -0.960. The summed E-state index contributed by atoms with van der Waals surface area (Å²) in [5, 5.41) is 0. The van der Waals surface area contributed by atoms with Crippen molar-refractivity contribution in [2.45, 2.75) is 25.4 Å². The summed E-state index contributed by atoms with van der Waals surface area (Å²) in [6.07, 6.45) is 3.42. The lowest BCUT2D eigenvalue weighted by atomic mass is 9.68. The maximum atomic E-state index is 12.9. The van der Waals surface area contributed by atoms with Gasteiger partial charge in [0.1, 0.15) is 0 Å². The fourth-order valence-corrected chi connectivity index (χ4v) is 2.27. The number of ether oxygens (including phenoxy) is 1. The molecule has 0 saturated heterocycles. The molecular formula is C11H14FNO. The summed E-state index contributed by atoms with van der Waals surface area (Å²) in [5.74, 6) is 0.227. The first kappa shape index (κ1) is 9.59. The van der Waals surface area contributed by atoms with Gasteiger partial charge in [-0.2, -0.15) is 4.39 Å². The Morgan fingerprint density at radius 3 is 2.79 bits per heavy atom. The zero-order chi connectivity index (χ0) is 10.2. The monoisotopic (exact) mass is 195 g/mol. The molecule has 0 unspecified atom stereocenters. The standard InChI is InChI=1S/C11H14FNO/c1-8-6-11(7-8,14-2)9-3-4-13-10(12)5-9/h3-5,8H,6-7H2,1-2H3/t8-,11+. The number of halogens is 1. The van der Waals surface area contributed by atoms with Crippen LogP contribution >= 0.6 is 0 Å². The van der Waals surface area contributed by atoms with Crippen LogP contribution in [0.1, 0.15) is 25.3 Å². The maximum absolute atomic E-state index is 12.9. The van der Waals surface area contributed by atoms with Crippen LogP contribution < -0.4 is 0 Å². The van der Waals surface area contributed by atoms with Gasteiger partial charge in [-0.05, 0) is 36.5 Å². The van der Waals surface area contributed by atoms with Gasteiger partial charge in [0, 0.05) is 13.3 Å². The SMILES string of the molecule is CO[C@]1(c2ccnc(F)c2)C[C@H](C)C1. The molecule has 3 heteroatoms. The highest BCUT2D eigenvalue weighted by atomic mass is 19.1. The molecule has 14 heavy (non-hydrogen) atoms. The Morgan fingerprint density at radius 1 is 1.57 bits per heavy atom. The molecule has 0 aliphatic heterocycles. The van der Waals surface area contributed by atoms with Gasteiger partial charge in [0.25, 0.3) is 0 Å². The molecule has 0 spiro atoms. The minimum Gasteiger partial charge on any atom is -0.374 e. The van der Waals surface area contributed by atoms with Crippen molar-refractivity contribution in [2.24, 2.45) is 5.92 Å². The third kappa shape index (κ3) is 1.42. The predicted octanol–water partition coefficient (Wildman–Crippen LogP) is 2.49. The Bertz CT molecular complexity index is 334. The van der Waals surface area contributed by atoms with Crippen molar-refractivity contribution in [2.75, 3.05) is 7.11 Å². The Kier molecular flexibility index (Phi) is 2.27. The summed E-state index contributed by atoms with van der Waals surface area (Å²) in [7, 11) is 1.68. The lowest BCUT2D eigenvalue weighted by Gasteiger charge is -2.45. The number of nitrogens with zero attached hydrogens (tertiary/aromatic N) is 1. The smallest absolute Gasteiger partial charge is 0.213 e. The second-order valence-corrected chi connectivity index (χ2v) is 4.08. The summed E-state index contributed by atoms with van der Waals surface area (Å²) < 4.78 is 18.4. The Morgan fingerprint density at radius 2 is 2.29 bits per heavy atom. The number of pyridine rings is 1. The van der Waals surface area contributed by atoms with E-state index in [9.17, 15) is 4.39 Å². The maximum Gasteiger partial charge on any atom is 0.213 e. The lowest BCUT2D eigenvalue weighted by Crippen LogP contribution is -2.41. The van der Waals surface area contributed by atoms with Crippen LogP contribution in [0, 0.1) is 11.9 Å². The van der Waals surface area contributed by atoms with Crippen molar-refractivity contribution < 1.29 is 9.13 Å². The highest BCUT2D eigenvalue weighted by Gasteiger charge is 2.43. The van der Waals surface area contributed by atoms with Crippen molar-refractivity contribution >= 4 is 0 Å². The van der Waals surface area contributed by atoms with Crippen LogP contribution in [-0.2, 0) is 10.3 Å². The van der Waals surface area contributed by atoms with Crippen molar-refractivity contribution in [3.05, 3.63) is 29.8 Å². The van der Waals surface area contributed by atoms with E-state index in [-0.39, 0.29) is 5.60 Å². The summed E-state index contributed by atoms with van der Waals surface area (Å²) in [5.41, 5.74) is 0.647. The number of methoxy groups -OCH3 is 1. The first-order valence-electron chi connectivity index (χ1n) is 4.83. The van der Waals surface area contributed by atoms with Crippen LogP contribution in [0.3, 0.4) is 0 Å². The van der Waals surface area contributed by atoms with Crippen molar-refractivity contribution in [3.8, 4) is 0 Å². The van der Waals surface area contributed by atoms with Gasteiger partial charge >= 0.3 is 0 Å². The van der Waals surface area contributed by atoms with E-state index >= 15 is 0 Å². The van der Waals surface area contributed by atoms with Gasteiger partial charge in [-0.25, -0.2) is 4.98 Å². The molecule has 1 heterocycles. The molecule has 2 nitrogen and oxygen atoms in total. The first-order valence-corrected chi connectivity index (χ1v) is 4.83. The van der Waals surface area contributed by atoms with Gasteiger partial charge in [-0.1, -0.05) is 6.92 Å². The molecule has 1 saturated carbocycles. The summed E-state index contributed by atoms with van der Waals surface area (Å²) in [6, 6.07) is 3.30. The van der Waals surface area contributed by atoms with Crippen molar-refractivity contribution in [3.63, 3.8) is 0 Å².